The van der Waals surface area contributed by atoms with Crippen molar-refractivity contribution in [2.75, 3.05) is 13.2 Å². The van der Waals surface area contributed by atoms with Crippen LogP contribution < -0.4 is 5.32 Å². The summed E-state index contributed by atoms with van der Waals surface area (Å²) in [5.41, 5.74) is 5.84. The van der Waals surface area contributed by atoms with Crippen molar-refractivity contribution < 1.29 is 9.53 Å². The number of rotatable bonds is 3. The molecular formula is C26H19NO2S. The quantitative estimate of drug-likeness (QED) is 0.435. The van der Waals surface area contributed by atoms with E-state index in [4.69, 9.17) is 4.74 Å². The van der Waals surface area contributed by atoms with E-state index in [2.05, 4.69) is 53.6 Å². The van der Waals surface area contributed by atoms with Gasteiger partial charge in [0.25, 0.3) is 0 Å². The molecule has 146 valence electrons. The van der Waals surface area contributed by atoms with Gasteiger partial charge in [0.05, 0.1) is 6.54 Å². The lowest BCUT2D eigenvalue weighted by molar-refractivity contribution is 0.144. The van der Waals surface area contributed by atoms with Gasteiger partial charge in [-0.15, -0.1) is 11.3 Å². The number of hydrogen-bond acceptors (Lipinski definition) is 3. The Hall–Kier alpha value is -3.55. The predicted molar refractivity (Wildman–Crippen MR) is 122 cm³/mol. The predicted octanol–water partition coefficient (Wildman–Crippen LogP) is 5.79. The second-order valence-electron chi connectivity index (χ2n) is 7.13. The molecule has 0 spiro atoms. The fraction of sp³-hybridized carbons (Fsp3) is 0.115. The van der Waals surface area contributed by atoms with Gasteiger partial charge in [-0.05, 0) is 28.3 Å². The molecule has 1 aromatic heterocycles. The Labute approximate surface area is 179 Å². The summed E-state index contributed by atoms with van der Waals surface area (Å²) in [6.45, 7) is 0.559. The third-order valence-electron chi connectivity index (χ3n) is 5.37. The molecule has 4 aromatic rings. The van der Waals surface area contributed by atoms with E-state index < -0.39 is 6.09 Å². The molecule has 0 radical (unpaired) electrons. The van der Waals surface area contributed by atoms with Gasteiger partial charge in [0.1, 0.15) is 6.61 Å². The highest BCUT2D eigenvalue weighted by Gasteiger charge is 2.28. The number of alkyl carbamates (subject to hydrolysis) is 1. The number of benzene rings is 3. The molecule has 1 aliphatic carbocycles. The van der Waals surface area contributed by atoms with Crippen LogP contribution in [0.4, 0.5) is 4.79 Å². The molecule has 0 aliphatic heterocycles. The highest BCUT2D eigenvalue weighted by atomic mass is 32.1. The molecule has 3 nitrogen and oxygen atoms in total. The van der Waals surface area contributed by atoms with Crippen molar-refractivity contribution in [2.45, 2.75) is 5.92 Å². The first kappa shape index (κ1) is 18.5. The molecule has 3 aromatic carbocycles. The van der Waals surface area contributed by atoms with Crippen LogP contribution in [-0.4, -0.2) is 19.2 Å². The highest BCUT2D eigenvalue weighted by Crippen LogP contribution is 2.44. The molecule has 0 saturated carbocycles. The van der Waals surface area contributed by atoms with Crippen molar-refractivity contribution in [3.8, 4) is 23.0 Å². The summed E-state index contributed by atoms with van der Waals surface area (Å²) in [6.07, 6.45) is -0.443. The van der Waals surface area contributed by atoms with Gasteiger partial charge >= 0.3 is 6.09 Å². The van der Waals surface area contributed by atoms with E-state index in [1.54, 1.807) is 11.3 Å². The summed E-state index contributed by atoms with van der Waals surface area (Å²) in [4.78, 5) is 12.2. The normalized spacial score (nSPS) is 12.0. The first-order valence-electron chi connectivity index (χ1n) is 9.85. The standard InChI is InChI=1S/C26H19NO2S/c28-26(27-15-7-8-18-17-30-25-14-6-5-9-19(18)25)29-16-24-22-12-3-1-10-20(22)21-11-2-4-13-23(21)24/h1-6,9-14,17,24H,15-16H2,(H,27,28). The van der Waals surface area contributed by atoms with Crippen molar-refractivity contribution in [1.29, 1.82) is 0 Å². The van der Waals surface area contributed by atoms with Crippen molar-refractivity contribution >= 4 is 27.5 Å². The maximum atomic E-state index is 12.2. The van der Waals surface area contributed by atoms with Gasteiger partial charge in [0, 0.05) is 26.9 Å². The number of ether oxygens (including phenoxy) is 1. The van der Waals surface area contributed by atoms with E-state index in [1.807, 2.05) is 41.8 Å². The lowest BCUT2D eigenvalue weighted by Crippen LogP contribution is -2.26. The number of carbonyl (C=O) groups is 1. The third-order valence-corrected chi connectivity index (χ3v) is 6.33. The summed E-state index contributed by atoms with van der Waals surface area (Å²) in [5, 5.41) is 5.93. The molecule has 0 fully saturated rings. The van der Waals surface area contributed by atoms with Crippen molar-refractivity contribution in [1.82, 2.24) is 5.32 Å². The van der Waals surface area contributed by atoms with Crippen LogP contribution in [0.3, 0.4) is 0 Å². The van der Waals surface area contributed by atoms with Gasteiger partial charge in [-0.1, -0.05) is 78.6 Å². The van der Waals surface area contributed by atoms with Crippen LogP contribution in [0.1, 0.15) is 22.6 Å². The second kappa shape index (κ2) is 8.06. The molecule has 5 rings (SSSR count). The molecule has 0 unspecified atom stereocenters. The minimum Gasteiger partial charge on any atom is -0.449 e. The minimum atomic E-state index is -0.443. The van der Waals surface area contributed by atoms with Crippen molar-refractivity contribution in [3.63, 3.8) is 0 Å². The van der Waals surface area contributed by atoms with Gasteiger partial charge in [-0.25, -0.2) is 4.79 Å². The number of thiophene rings is 1. The van der Waals surface area contributed by atoms with E-state index in [-0.39, 0.29) is 12.5 Å². The summed E-state index contributed by atoms with van der Waals surface area (Å²) in [6, 6.07) is 24.8. The number of nitrogens with one attached hydrogen (secondary N) is 1. The van der Waals surface area contributed by atoms with Gasteiger partial charge in [-0.3, -0.25) is 0 Å². The lowest BCUT2D eigenvalue weighted by atomic mass is 9.98. The Balaban J connectivity index is 1.21. The van der Waals surface area contributed by atoms with E-state index >= 15 is 0 Å². The zero-order valence-electron chi connectivity index (χ0n) is 16.2. The molecule has 0 bridgehead atoms. The Kier molecular flexibility index (Phi) is 4.96. The number of amides is 1. The lowest BCUT2D eigenvalue weighted by Gasteiger charge is -2.14. The zero-order valence-corrected chi connectivity index (χ0v) is 17.0. The second-order valence-corrected chi connectivity index (χ2v) is 8.04. The van der Waals surface area contributed by atoms with Crippen molar-refractivity contribution in [3.05, 3.63) is 94.9 Å². The molecule has 0 atom stereocenters. The topological polar surface area (TPSA) is 38.3 Å². The average Bonchev–Trinajstić information content (AvgIpc) is 3.34. The molecule has 1 amide bonds. The van der Waals surface area contributed by atoms with Crippen LogP contribution in [0.25, 0.3) is 21.2 Å². The van der Waals surface area contributed by atoms with E-state index in [1.165, 1.54) is 27.0 Å². The summed E-state index contributed by atoms with van der Waals surface area (Å²) < 4.78 is 6.75. The molecule has 1 aliphatic rings. The Morgan fingerprint density at radius 1 is 0.933 bits per heavy atom. The first-order chi connectivity index (χ1) is 14.8. The van der Waals surface area contributed by atoms with Crippen LogP contribution in [0.2, 0.25) is 0 Å². The van der Waals surface area contributed by atoms with Crippen LogP contribution >= 0.6 is 11.3 Å². The van der Waals surface area contributed by atoms with Crippen LogP contribution in [0, 0.1) is 11.8 Å². The monoisotopic (exact) mass is 409 g/mol. The number of hydrogen-bond donors (Lipinski definition) is 1. The van der Waals surface area contributed by atoms with Gasteiger partial charge in [0.2, 0.25) is 0 Å². The third kappa shape index (κ3) is 3.45. The van der Waals surface area contributed by atoms with Crippen LogP contribution in [-0.2, 0) is 4.74 Å². The van der Waals surface area contributed by atoms with Gasteiger partial charge in [0.15, 0.2) is 0 Å². The largest absolute Gasteiger partial charge is 0.449 e. The van der Waals surface area contributed by atoms with E-state index in [0.29, 0.717) is 6.61 Å². The smallest absolute Gasteiger partial charge is 0.407 e. The molecule has 1 N–H and O–H groups in total. The SMILES string of the molecule is O=C(NCC#Cc1csc2ccccc12)OCC1c2ccccc2-c2ccccc21. The summed E-state index contributed by atoms with van der Waals surface area (Å²) in [7, 11) is 0. The summed E-state index contributed by atoms with van der Waals surface area (Å²) >= 11 is 1.67. The van der Waals surface area contributed by atoms with Crippen molar-refractivity contribution in [2.24, 2.45) is 0 Å². The highest BCUT2D eigenvalue weighted by molar-refractivity contribution is 7.17. The number of carbonyl (C=O) groups excluding carboxylic acids is 1. The Morgan fingerprint density at radius 3 is 2.37 bits per heavy atom. The molecule has 1 heterocycles. The fourth-order valence-corrected chi connectivity index (χ4v) is 4.87. The first-order valence-corrected chi connectivity index (χ1v) is 10.7. The van der Waals surface area contributed by atoms with Crippen LogP contribution in [0.15, 0.2) is 78.2 Å². The van der Waals surface area contributed by atoms with E-state index in [9.17, 15) is 4.79 Å². The van der Waals surface area contributed by atoms with Crippen LogP contribution in [0.5, 0.6) is 0 Å². The van der Waals surface area contributed by atoms with Gasteiger partial charge < -0.3 is 10.1 Å². The van der Waals surface area contributed by atoms with Gasteiger partial charge in [-0.2, -0.15) is 0 Å². The molecule has 4 heteroatoms. The maximum Gasteiger partial charge on any atom is 0.407 e. The molecular weight excluding hydrogens is 390 g/mol. The minimum absolute atomic E-state index is 0.0615. The molecule has 0 saturated heterocycles. The Bertz CT molecular complexity index is 1250. The zero-order chi connectivity index (χ0) is 20.3. The fourth-order valence-electron chi connectivity index (χ4n) is 3.98. The average molecular weight is 410 g/mol. The Morgan fingerprint density at radius 2 is 1.60 bits per heavy atom. The summed E-state index contributed by atoms with van der Waals surface area (Å²) in [5.74, 6) is 6.21. The maximum absolute atomic E-state index is 12.2. The number of fused-ring (bicyclic) bond motifs is 4. The van der Waals surface area contributed by atoms with E-state index in [0.717, 1.165) is 10.9 Å². The molecule has 30 heavy (non-hydrogen) atoms.